The molecule has 1 aliphatic rings. The number of nitrogens with zero attached hydrogens (tertiary/aromatic N) is 2. The molecule has 1 amide bonds. The topological polar surface area (TPSA) is 85.1 Å². The van der Waals surface area contributed by atoms with Crippen molar-refractivity contribution in [1.29, 1.82) is 0 Å². The monoisotopic (exact) mass is 447 g/mol. The maximum atomic E-state index is 12.4. The van der Waals surface area contributed by atoms with Gasteiger partial charge in [-0.25, -0.2) is 4.79 Å². The Labute approximate surface area is 193 Å². The van der Waals surface area contributed by atoms with E-state index in [1.54, 1.807) is 4.90 Å². The molecule has 2 N–H and O–H groups in total. The molecule has 1 aromatic rings. The molecule has 7 nitrogen and oxygen atoms in total. The molecule has 0 spiro atoms. The van der Waals surface area contributed by atoms with Crippen LogP contribution in [0, 0.1) is 5.92 Å². The molecule has 1 aromatic carbocycles. The smallest absolute Gasteiger partial charge is 0.410 e. The van der Waals surface area contributed by atoms with Crippen LogP contribution in [-0.2, 0) is 14.3 Å². The van der Waals surface area contributed by atoms with Gasteiger partial charge in [0.2, 0.25) is 0 Å². The summed E-state index contributed by atoms with van der Waals surface area (Å²) in [6.07, 6.45) is 1.82. The van der Waals surface area contributed by atoms with Crippen LogP contribution in [0.3, 0.4) is 0 Å². The minimum Gasteiger partial charge on any atom is -0.469 e. The van der Waals surface area contributed by atoms with Crippen LogP contribution in [0.5, 0.6) is 0 Å². The molecule has 0 aliphatic carbocycles. The van der Waals surface area contributed by atoms with Crippen LogP contribution in [-0.4, -0.2) is 55.3 Å². The third-order valence-electron chi connectivity index (χ3n) is 5.75. The Hall–Kier alpha value is -2.44. The summed E-state index contributed by atoms with van der Waals surface area (Å²) in [4.78, 5) is 28.3. The number of benzene rings is 1. The molecule has 1 heterocycles. The number of methoxy groups -OCH3 is 1. The molecule has 1 unspecified atom stereocenters. The van der Waals surface area contributed by atoms with Crippen molar-refractivity contribution in [3.05, 3.63) is 23.8 Å². The van der Waals surface area contributed by atoms with Gasteiger partial charge in [0.15, 0.2) is 0 Å². The number of anilines is 2. The fraction of sp³-hybridized carbons (Fsp3) is 0.680. The lowest BCUT2D eigenvalue weighted by atomic mass is 9.95. The minimum atomic E-state index is -0.487. The molecule has 7 heteroatoms. The van der Waals surface area contributed by atoms with E-state index >= 15 is 0 Å². The van der Waals surface area contributed by atoms with Crippen LogP contribution < -0.4 is 10.6 Å². The van der Waals surface area contributed by atoms with Crippen molar-refractivity contribution >= 4 is 23.4 Å². The number of esters is 1. The van der Waals surface area contributed by atoms with Crippen molar-refractivity contribution in [2.45, 2.75) is 78.4 Å². The Morgan fingerprint density at radius 1 is 1.19 bits per heavy atom. The number of carbonyl (C=O) groups excluding carboxylic acids is 2. The summed E-state index contributed by atoms with van der Waals surface area (Å²) in [5.74, 6) is 0.281. The van der Waals surface area contributed by atoms with E-state index in [1.165, 1.54) is 7.11 Å². The first kappa shape index (κ1) is 25.8. The zero-order chi connectivity index (χ0) is 24.1. The number of hydrogen-bond acceptors (Lipinski definition) is 6. The van der Waals surface area contributed by atoms with Gasteiger partial charge in [-0.3, -0.25) is 4.79 Å². The third kappa shape index (κ3) is 7.31. The Balaban J connectivity index is 2.14. The predicted octanol–water partition coefficient (Wildman–Crippen LogP) is 4.80. The first-order chi connectivity index (χ1) is 14.9. The van der Waals surface area contributed by atoms with Gasteiger partial charge in [-0.05, 0) is 63.1 Å². The number of amides is 1. The molecule has 1 aliphatic heterocycles. The molecular formula is C25H41N3O4. The second-order valence-electron chi connectivity index (χ2n) is 10.2. The molecule has 1 atom stereocenters. The molecule has 32 heavy (non-hydrogen) atoms. The molecule has 1 fully saturated rings. The standard InChI is InChI=1S/C25H41N3O4/c1-17(2)16-28(20-10-12-27(13-11-20)24(30)32-25(4,5)6)22-9-8-19(15-21(22)26)18(3)14-23(29)31-7/h8-9,15,17-18,20H,10-14,16,26H2,1-7H3. The van der Waals surface area contributed by atoms with E-state index in [4.69, 9.17) is 15.2 Å². The van der Waals surface area contributed by atoms with Gasteiger partial charge in [0.05, 0.1) is 24.9 Å². The van der Waals surface area contributed by atoms with Crippen LogP contribution in [0.4, 0.5) is 16.2 Å². The number of rotatable bonds is 7. The predicted molar refractivity (Wildman–Crippen MR) is 129 cm³/mol. The van der Waals surface area contributed by atoms with Crippen molar-refractivity contribution < 1.29 is 19.1 Å². The molecule has 180 valence electrons. The molecular weight excluding hydrogens is 406 g/mol. The zero-order valence-corrected chi connectivity index (χ0v) is 20.8. The number of nitrogens with two attached hydrogens (primary N) is 1. The van der Waals surface area contributed by atoms with E-state index < -0.39 is 5.60 Å². The highest BCUT2D eigenvalue weighted by molar-refractivity contribution is 5.72. The van der Waals surface area contributed by atoms with Gasteiger partial charge in [0.1, 0.15) is 5.60 Å². The quantitative estimate of drug-likeness (QED) is 0.477. The molecule has 0 saturated carbocycles. The summed E-state index contributed by atoms with van der Waals surface area (Å²) in [6, 6.07) is 6.41. The number of likely N-dealkylation sites (tertiary alicyclic amines) is 1. The van der Waals surface area contributed by atoms with Crippen molar-refractivity contribution in [3.63, 3.8) is 0 Å². The Morgan fingerprint density at radius 3 is 2.31 bits per heavy atom. The highest BCUT2D eigenvalue weighted by Gasteiger charge is 2.30. The van der Waals surface area contributed by atoms with Crippen LogP contribution in [0.15, 0.2) is 18.2 Å². The molecule has 0 aromatic heterocycles. The number of hydrogen-bond donors (Lipinski definition) is 1. The first-order valence-corrected chi connectivity index (χ1v) is 11.6. The second kappa shape index (κ2) is 10.9. The lowest BCUT2D eigenvalue weighted by Crippen LogP contribution is -2.49. The average molecular weight is 448 g/mol. The number of carbonyl (C=O) groups is 2. The summed E-state index contributed by atoms with van der Waals surface area (Å²) in [7, 11) is 1.41. The van der Waals surface area contributed by atoms with Gasteiger partial charge in [-0.1, -0.05) is 26.8 Å². The average Bonchev–Trinajstić information content (AvgIpc) is 2.70. The van der Waals surface area contributed by atoms with E-state index in [1.807, 2.05) is 33.8 Å². The van der Waals surface area contributed by atoms with Crippen molar-refractivity contribution in [3.8, 4) is 0 Å². The minimum absolute atomic E-state index is 0.0365. The van der Waals surface area contributed by atoms with Gasteiger partial charge in [0.25, 0.3) is 0 Å². The highest BCUT2D eigenvalue weighted by atomic mass is 16.6. The Morgan fingerprint density at radius 2 is 1.81 bits per heavy atom. The molecule has 2 rings (SSSR count). The number of ether oxygens (including phenoxy) is 2. The number of nitrogen functional groups attached to an aromatic ring is 1. The van der Waals surface area contributed by atoms with Crippen LogP contribution in [0.25, 0.3) is 0 Å². The fourth-order valence-electron chi connectivity index (χ4n) is 4.12. The van der Waals surface area contributed by atoms with Gasteiger partial charge in [-0.2, -0.15) is 0 Å². The van der Waals surface area contributed by atoms with E-state index in [0.717, 1.165) is 36.3 Å². The molecule has 0 bridgehead atoms. The van der Waals surface area contributed by atoms with E-state index in [-0.39, 0.29) is 18.0 Å². The van der Waals surface area contributed by atoms with Gasteiger partial charge < -0.3 is 25.0 Å². The largest absolute Gasteiger partial charge is 0.469 e. The maximum absolute atomic E-state index is 12.4. The van der Waals surface area contributed by atoms with Crippen molar-refractivity contribution in [2.24, 2.45) is 5.92 Å². The van der Waals surface area contributed by atoms with E-state index in [2.05, 4.69) is 30.9 Å². The maximum Gasteiger partial charge on any atom is 0.410 e. The lowest BCUT2D eigenvalue weighted by molar-refractivity contribution is -0.140. The van der Waals surface area contributed by atoms with E-state index in [9.17, 15) is 9.59 Å². The van der Waals surface area contributed by atoms with Crippen LogP contribution in [0.2, 0.25) is 0 Å². The Kier molecular flexibility index (Phi) is 8.81. The fourth-order valence-corrected chi connectivity index (χ4v) is 4.12. The van der Waals surface area contributed by atoms with Crippen LogP contribution in [0.1, 0.15) is 72.3 Å². The Bertz CT molecular complexity index is 780. The van der Waals surface area contributed by atoms with Crippen molar-refractivity contribution in [2.75, 3.05) is 37.4 Å². The summed E-state index contributed by atoms with van der Waals surface area (Å²) in [6.45, 7) is 14.3. The first-order valence-electron chi connectivity index (χ1n) is 11.6. The summed E-state index contributed by atoms with van der Waals surface area (Å²) >= 11 is 0. The summed E-state index contributed by atoms with van der Waals surface area (Å²) in [5.41, 5.74) is 8.78. The van der Waals surface area contributed by atoms with Crippen molar-refractivity contribution in [1.82, 2.24) is 4.90 Å². The summed E-state index contributed by atoms with van der Waals surface area (Å²) in [5, 5.41) is 0. The second-order valence-corrected chi connectivity index (χ2v) is 10.2. The van der Waals surface area contributed by atoms with Gasteiger partial charge in [0, 0.05) is 25.7 Å². The van der Waals surface area contributed by atoms with E-state index in [0.29, 0.717) is 31.5 Å². The SMILES string of the molecule is COC(=O)CC(C)c1ccc(N(CC(C)C)C2CCN(C(=O)OC(C)(C)C)CC2)c(N)c1. The lowest BCUT2D eigenvalue weighted by Gasteiger charge is -2.41. The number of piperidine rings is 1. The van der Waals surface area contributed by atoms with Crippen LogP contribution >= 0.6 is 0 Å². The highest BCUT2D eigenvalue weighted by Crippen LogP contribution is 2.33. The van der Waals surface area contributed by atoms with Gasteiger partial charge >= 0.3 is 12.1 Å². The normalized spacial score (nSPS) is 16.1. The molecule has 0 radical (unpaired) electrons. The summed E-state index contributed by atoms with van der Waals surface area (Å²) < 4.78 is 10.3. The zero-order valence-electron chi connectivity index (χ0n) is 20.8. The third-order valence-corrected chi connectivity index (χ3v) is 5.75. The van der Waals surface area contributed by atoms with Gasteiger partial charge in [-0.15, -0.1) is 0 Å². The molecule has 1 saturated heterocycles.